The van der Waals surface area contributed by atoms with Gasteiger partial charge < -0.3 is 9.88 Å². The van der Waals surface area contributed by atoms with E-state index in [0.717, 1.165) is 66.5 Å². The van der Waals surface area contributed by atoms with Crippen LogP contribution >= 0.6 is 0 Å². The summed E-state index contributed by atoms with van der Waals surface area (Å²) >= 11 is 0. The fraction of sp³-hybridized carbons (Fsp3) is 0.400. The van der Waals surface area contributed by atoms with Crippen molar-refractivity contribution in [3.63, 3.8) is 0 Å². The van der Waals surface area contributed by atoms with Crippen LogP contribution in [0.15, 0.2) is 48.7 Å². The number of imidazole rings is 1. The minimum atomic E-state index is -3.46. The molecular formula is C30H32N6O3S. The zero-order valence-electron chi connectivity index (χ0n) is 22.7. The third kappa shape index (κ3) is 5.58. The molecule has 4 aromatic rings. The van der Waals surface area contributed by atoms with Crippen molar-refractivity contribution in [2.45, 2.75) is 69.9 Å². The molecule has 0 saturated heterocycles. The molecule has 0 unspecified atom stereocenters. The lowest BCUT2D eigenvalue weighted by Gasteiger charge is -2.30. The molecule has 2 fully saturated rings. The first-order valence-electron chi connectivity index (χ1n) is 13.8. The largest absolute Gasteiger partial charge is 0.325 e. The zero-order valence-corrected chi connectivity index (χ0v) is 23.5. The van der Waals surface area contributed by atoms with Gasteiger partial charge in [0.1, 0.15) is 23.5 Å². The van der Waals surface area contributed by atoms with Crippen LogP contribution < -0.4 is 5.32 Å². The van der Waals surface area contributed by atoms with Crippen molar-refractivity contribution in [2.75, 3.05) is 11.6 Å². The number of anilines is 2. The van der Waals surface area contributed by atoms with Gasteiger partial charge in [-0.2, -0.15) is 13.7 Å². The molecule has 10 heteroatoms. The number of pyridine rings is 2. The van der Waals surface area contributed by atoms with E-state index in [-0.39, 0.29) is 12.1 Å². The number of aromatic nitrogens is 4. The molecule has 3 heterocycles. The zero-order chi connectivity index (χ0) is 27.9. The van der Waals surface area contributed by atoms with E-state index in [1.807, 2.05) is 0 Å². The van der Waals surface area contributed by atoms with Crippen molar-refractivity contribution >= 4 is 32.8 Å². The summed E-state index contributed by atoms with van der Waals surface area (Å²) in [5.74, 6) is 2.71. The molecule has 40 heavy (non-hydrogen) atoms. The first kappa shape index (κ1) is 26.4. The lowest BCUT2D eigenvalue weighted by Crippen LogP contribution is -2.26. The summed E-state index contributed by atoms with van der Waals surface area (Å²) in [6, 6.07) is 16.4. The summed E-state index contributed by atoms with van der Waals surface area (Å²) in [6.07, 6.45) is 8.69. The summed E-state index contributed by atoms with van der Waals surface area (Å²) in [4.78, 5) is 14.2. The molecule has 0 aliphatic heterocycles. The molecule has 0 bridgehead atoms. The van der Waals surface area contributed by atoms with Crippen LogP contribution in [0.2, 0.25) is 0 Å². The number of rotatable bonds is 8. The Labute approximate surface area is 234 Å². The third-order valence-electron chi connectivity index (χ3n) is 7.77. The Morgan fingerprint density at radius 2 is 1.88 bits per heavy atom. The summed E-state index contributed by atoms with van der Waals surface area (Å²) in [7, 11) is -3.46. The van der Waals surface area contributed by atoms with E-state index in [1.165, 1.54) is 5.56 Å². The van der Waals surface area contributed by atoms with Gasteiger partial charge in [-0.1, -0.05) is 13.0 Å². The minimum absolute atomic E-state index is 0.228. The van der Waals surface area contributed by atoms with E-state index >= 15 is 0 Å². The number of fused-ring (bicyclic) bond motifs is 1. The predicted octanol–water partition coefficient (Wildman–Crippen LogP) is 6.01. The lowest BCUT2D eigenvalue weighted by atomic mass is 9.92. The molecule has 1 N–H and O–H groups in total. The molecule has 0 atom stereocenters. The standard InChI is InChI=1S/C30H32N6O3S/c1-3-29-34-25-13-8-20(16-27(25)36(29)23-9-11-24(12-10-23)39-40(2,37)38)26-15-22(19-6-7-19)17-28(33-26)35-30-21(18-31)5-4-14-32-30/h4-5,8,13-17,19,23-24H,3,6-7,9-12H2,1-2H3,(H,32,33,35). The summed E-state index contributed by atoms with van der Waals surface area (Å²) < 4.78 is 30.9. The van der Waals surface area contributed by atoms with Gasteiger partial charge in [0.2, 0.25) is 0 Å². The summed E-state index contributed by atoms with van der Waals surface area (Å²) in [5.41, 5.74) is 5.56. The Hall–Kier alpha value is -3.81. The van der Waals surface area contributed by atoms with Crippen LogP contribution in [0.1, 0.15) is 74.4 Å². The fourth-order valence-corrected chi connectivity index (χ4v) is 6.43. The van der Waals surface area contributed by atoms with Crippen molar-refractivity contribution < 1.29 is 12.6 Å². The third-order valence-corrected chi connectivity index (χ3v) is 8.39. The van der Waals surface area contributed by atoms with Gasteiger partial charge in [0.15, 0.2) is 0 Å². The van der Waals surface area contributed by atoms with Crippen LogP contribution in [0.3, 0.4) is 0 Å². The van der Waals surface area contributed by atoms with Gasteiger partial charge in [-0.05, 0) is 86.4 Å². The molecule has 0 spiro atoms. The molecule has 2 saturated carbocycles. The average molecular weight is 557 g/mol. The maximum atomic E-state index is 11.6. The van der Waals surface area contributed by atoms with Gasteiger partial charge in [-0.15, -0.1) is 0 Å². The van der Waals surface area contributed by atoms with Crippen LogP contribution in [0.5, 0.6) is 0 Å². The van der Waals surface area contributed by atoms with E-state index in [2.05, 4.69) is 58.2 Å². The second-order valence-corrected chi connectivity index (χ2v) is 12.4. The highest BCUT2D eigenvalue weighted by molar-refractivity contribution is 7.86. The Morgan fingerprint density at radius 1 is 1.07 bits per heavy atom. The maximum Gasteiger partial charge on any atom is 0.264 e. The predicted molar refractivity (Wildman–Crippen MR) is 154 cm³/mol. The van der Waals surface area contributed by atoms with Crippen LogP contribution in [0.25, 0.3) is 22.3 Å². The minimum Gasteiger partial charge on any atom is -0.325 e. The molecule has 206 valence electrons. The fourth-order valence-electron chi connectivity index (χ4n) is 5.74. The molecule has 6 rings (SSSR count). The van der Waals surface area contributed by atoms with Crippen LogP contribution in [-0.2, 0) is 20.7 Å². The molecule has 2 aliphatic carbocycles. The monoisotopic (exact) mass is 556 g/mol. The van der Waals surface area contributed by atoms with E-state index in [1.54, 1.807) is 18.3 Å². The molecule has 0 radical (unpaired) electrons. The van der Waals surface area contributed by atoms with Crippen LogP contribution in [0.4, 0.5) is 11.6 Å². The van der Waals surface area contributed by atoms with E-state index in [4.69, 9.17) is 14.2 Å². The number of benzene rings is 1. The Morgan fingerprint density at radius 3 is 2.58 bits per heavy atom. The quantitative estimate of drug-likeness (QED) is 0.262. The number of nitriles is 1. The first-order valence-corrected chi connectivity index (χ1v) is 15.7. The Balaban J connectivity index is 1.35. The van der Waals surface area contributed by atoms with E-state index < -0.39 is 10.1 Å². The first-order chi connectivity index (χ1) is 19.3. The number of hydrogen-bond donors (Lipinski definition) is 1. The maximum absolute atomic E-state index is 11.6. The topological polar surface area (TPSA) is 123 Å². The van der Waals surface area contributed by atoms with Gasteiger partial charge in [0, 0.05) is 24.2 Å². The SMILES string of the molecule is CCc1nc2ccc(-c3cc(C4CC4)cc(Nc4ncccc4C#N)n3)cc2n1C1CCC(OS(C)(=O)=O)CC1. The molecule has 2 aliphatic rings. The molecule has 3 aromatic heterocycles. The van der Waals surface area contributed by atoms with Crippen molar-refractivity contribution in [1.29, 1.82) is 5.26 Å². The Bertz CT molecular complexity index is 1710. The average Bonchev–Trinajstić information content (AvgIpc) is 3.73. The van der Waals surface area contributed by atoms with Gasteiger partial charge >= 0.3 is 0 Å². The normalized spacial score (nSPS) is 19.4. The molecular weight excluding hydrogens is 524 g/mol. The molecule has 0 amide bonds. The van der Waals surface area contributed by atoms with Crippen molar-refractivity contribution in [2.24, 2.45) is 0 Å². The van der Waals surface area contributed by atoms with Crippen molar-refractivity contribution in [3.8, 4) is 17.3 Å². The number of hydrogen-bond acceptors (Lipinski definition) is 8. The lowest BCUT2D eigenvalue weighted by molar-refractivity contribution is 0.141. The molecule has 1 aromatic carbocycles. The summed E-state index contributed by atoms with van der Waals surface area (Å²) in [5, 5.41) is 12.8. The highest BCUT2D eigenvalue weighted by Gasteiger charge is 2.28. The number of nitrogens with one attached hydrogen (secondary N) is 1. The molecule has 9 nitrogen and oxygen atoms in total. The highest BCUT2D eigenvalue weighted by Crippen LogP contribution is 2.42. The number of aryl methyl sites for hydroxylation is 1. The van der Waals surface area contributed by atoms with Gasteiger partial charge in [0.25, 0.3) is 10.1 Å². The van der Waals surface area contributed by atoms with Gasteiger partial charge in [-0.3, -0.25) is 4.18 Å². The van der Waals surface area contributed by atoms with E-state index in [0.29, 0.717) is 36.0 Å². The smallest absolute Gasteiger partial charge is 0.264 e. The highest BCUT2D eigenvalue weighted by atomic mass is 32.2. The second kappa shape index (κ2) is 10.6. The van der Waals surface area contributed by atoms with Crippen LogP contribution in [-0.4, -0.2) is 40.3 Å². The van der Waals surface area contributed by atoms with Gasteiger partial charge in [0.05, 0.1) is 34.7 Å². The van der Waals surface area contributed by atoms with E-state index in [9.17, 15) is 13.7 Å². The van der Waals surface area contributed by atoms with Crippen molar-refractivity contribution in [3.05, 3.63) is 65.6 Å². The van der Waals surface area contributed by atoms with Crippen molar-refractivity contribution in [1.82, 2.24) is 19.5 Å². The number of nitrogens with zero attached hydrogens (tertiary/aromatic N) is 5. The van der Waals surface area contributed by atoms with Crippen LogP contribution in [0, 0.1) is 11.3 Å². The Kier molecular flexibility index (Phi) is 7.02. The van der Waals surface area contributed by atoms with Gasteiger partial charge in [-0.25, -0.2) is 15.0 Å². The summed E-state index contributed by atoms with van der Waals surface area (Å²) in [6.45, 7) is 2.11. The second-order valence-electron chi connectivity index (χ2n) is 10.8.